The summed E-state index contributed by atoms with van der Waals surface area (Å²) in [5.74, 6) is 0.457. The van der Waals surface area contributed by atoms with E-state index in [1.54, 1.807) is 50.6 Å². The van der Waals surface area contributed by atoms with Gasteiger partial charge in [0.15, 0.2) is 11.5 Å². The second-order valence-electron chi connectivity index (χ2n) is 5.28. The Morgan fingerprint density at radius 1 is 1.04 bits per heavy atom. The first kappa shape index (κ1) is 19.0. The highest BCUT2D eigenvalue weighted by Crippen LogP contribution is 2.27. The van der Waals surface area contributed by atoms with Crippen molar-refractivity contribution >= 4 is 11.8 Å². The molecule has 0 aliphatic rings. The Morgan fingerprint density at radius 2 is 1.69 bits per heavy atom. The Kier molecular flexibility index (Phi) is 6.73. The van der Waals surface area contributed by atoms with Gasteiger partial charge < -0.3 is 20.1 Å². The van der Waals surface area contributed by atoms with E-state index in [4.69, 9.17) is 9.47 Å². The van der Waals surface area contributed by atoms with Crippen molar-refractivity contribution in [3.8, 4) is 11.5 Å². The second kappa shape index (κ2) is 9.22. The van der Waals surface area contributed by atoms with Gasteiger partial charge in [-0.1, -0.05) is 18.2 Å². The highest BCUT2D eigenvalue weighted by Gasteiger charge is 2.12. The molecule has 7 heteroatoms. The molecule has 0 fully saturated rings. The standard InChI is InChI=1S/C19H21N3O4/c1-4-10-20-18(23)14-6-5-7-15(22-14)19(24)21-12-13-8-9-16(25-2)17(11-13)26-3/h4-9,11H,1,10,12H2,2-3H3,(H,20,23)(H,21,24). The van der Waals surface area contributed by atoms with Crippen LogP contribution in [0.2, 0.25) is 0 Å². The number of rotatable bonds is 8. The lowest BCUT2D eigenvalue weighted by molar-refractivity contribution is 0.0944. The molecule has 0 atom stereocenters. The predicted octanol–water partition coefficient (Wildman–Crippen LogP) is 1.94. The first-order valence-electron chi connectivity index (χ1n) is 7.94. The molecule has 2 aromatic rings. The van der Waals surface area contributed by atoms with Gasteiger partial charge in [0.2, 0.25) is 0 Å². The van der Waals surface area contributed by atoms with Crippen LogP contribution in [0.3, 0.4) is 0 Å². The van der Waals surface area contributed by atoms with Crippen LogP contribution in [0.15, 0.2) is 49.1 Å². The molecule has 2 amide bonds. The molecule has 0 spiro atoms. The van der Waals surface area contributed by atoms with Crippen LogP contribution < -0.4 is 20.1 Å². The van der Waals surface area contributed by atoms with Crippen molar-refractivity contribution in [1.82, 2.24) is 15.6 Å². The number of methoxy groups -OCH3 is 2. The first-order chi connectivity index (χ1) is 12.6. The smallest absolute Gasteiger partial charge is 0.270 e. The highest BCUT2D eigenvalue weighted by atomic mass is 16.5. The van der Waals surface area contributed by atoms with Crippen LogP contribution >= 0.6 is 0 Å². The molecule has 0 unspecified atom stereocenters. The molecule has 0 bridgehead atoms. The normalized spacial score (nSPS) is 9.92. The molecule has 2 rings (SSSR count). The number of ether oxygens (including phenoxy) is 2. The van der Waals surface area contributed by atoms with Gasteiger partial charge in [0, 0.05) is 13.1 Å². The fourth-order valence-corrected chi connectivity index (χ4v) is 2.21. The van der Waals surface area contributed by atoms with Crippen molar-refractivity contribution in [1.29, 1.82) is 0 Å². The maximum Gasteiger partial charge on any atom is 0.270 e. The summed E-state index contributed by atoms with van der Waals surface area (Å²) in [6.07, 6.45) is 1.57. The largest absolute Gasteiger partial charge is 0.493 e. The summed E-state index contributed by atoms with van der Waals surface area (Å²) in [5.41, 5.74) is 1.18. The van der Waals surface area contributed by atoms with Crippen LogP contribution in [-0.4, -0.2) is 37.6 Å². The third-order valence-corrected chi connectivity index (χ3v) is 3.52. The molecule has 1 aromatic heterocycles. The van der Waals surface area contributed by atoms with Crippen LogP contribution in [-0.2, 0) is 6.54 Å². The van der Waals surface area contributed by atoms with E-state index in [2.05, 4.69) is 22.2 Å². The van der Waals surface area contributed by atoms with Crippen molar-refractivity contribution in [2.75, 3.05) is 20.8 Å². The number of amides is 2. The SMILES string of the molecule is C=CCNC(=O)c1cccc(C(=O)NCc2ccc(OC)c(OC)c2)n1. The number of hydrogen-bond acceptors (Lipinski definition) is 5. The fraction of sp³-hybridized carbons (Fsp3) is 0.211. The van der Waals surface area contributed by atoms with Crippen LogP contribution in [0.1, 0.15) is 26.5 Å². The van der Waals surface area contributed by atoms with Gasteiger partial charge in [-0.3, -0.25) is 9.59 Å². The Morgan fingerprint density at radius 3 is 2.31 bits per heavy atom. The summed E-state index contributed by atoms with van der Waals surface area (Å²) in [4.78, 5) is 28.3. The third kappa shape index (κ3) is 4.83. The predicted molar refractivity (Wildman–Crippen MR) is 97.5 cm³/mol. The zero-order valence-electron chi connectivity index (χ0n) is 14.7. The maximum absolute atomic E-state index is 12.3. The molecule has 2 N–H and O–H groups in total. The molecule has 0 aliphatic heterocycles. The summed E-state index contributed by atoms with van der Waals surface area (Å²) >= 11 is 0. The van der Waals surface area contributed by atoms with Crippen molar-refractivity contribution in [3.05, 3.63) is 66.0 Å². The lowest BCUT2D eigenvalue weighted by Gasteiger charge is -2.10. The van der Waals surface area contributed by atoms with Gasteiger partial charge in [-0.05, 0) is 29.8 Å². The van der Waals surface area contributed by atoms with E-state index in [1.807, 2.05) is 6.07 Å². The van der Waals surface area contributed by atoms with Gasteiger partial charge >= 0.3 is 0 Å². The molecule has 136 valence electrons. The topological polar surface area (TPSA) is 89.6 Å². The average Bonchev–Trinajstić information content (AvgIpc) is 2.69. The Bertz CT molecular complexity index is 805. The summed E-state index contributed by atoms with van der Waals surface area (Å²) in [6.45, 7) is 4.15. The van der Waals surface area contributed by atoms with Gasteiger partial charge in [-0.25, -0.2) is 4.98 Å². The first-order valence-corrected chi connectivity index (χ1v) is 7.94. The number of carbonyl (C=O) groups excluding carboxylic acids is 2. The number of aromatic nitrogens is 1. The molecule has 1 aromatic carbocycles. The number of nitrogens with one attached hydrogen (secondary N) is 2. The van der Waals surface area contributed by atoms with Crippen molar-refractivity contribution in [3.63, 3.8) is 0 Å². The molecule has 26 heavy (non-hydrogen) atoms. The number of hydrogen-bond donors (Lipinski definition) is 2. The van der Waals surface area contributed by atoms with E-state index in [0.29, 0.717) is 18.0 Å². The van der Waals surface area contributed by atoms with Gasteiger partial charge in [0.1, 0.15) is 11.4 Å². The number of nitrogens with zero attached hydrogens (tertiary/aromatic N) is 1. The lowest BCUT2D eigenvalue weighted by Crippen LogP contribution is -2.27. The van der Waals surface area contributed by atoms with Gasteiger partial charge in [-0.15, -0.1) is 6.58 Å². The Labute approximate surface area is 152 Å². The fourth-order valence-electron chi connectivity index (χ4n) is 2.21. The molecule has 7 nitrogen and oxygen atoms in total. The van der Waals surface area contributed by atoms with Crippen molar-refractivity contribution in [2.45, 2.75) is 6.54 Å². The minimum Gasteiger partial charge on any atom is -0.493 e. The van der Waals surface area contributed by atoms with E-state index >= 15 is 0 Å². The van der Waals surface area contributed by atoms with Crippen molar-refractivity contribution in [2.24, 2.45) is 0 Å². The van der Waals surface area contributed by atoms with Gasteiger partial charge in [0.05, 0.1) is 14.2 Å². The molecule has 0 radical (unpaired) electrons. The minimum atomic E-state index is -0.377. The zero-order valence-corrected chi connectivity index (χ0v) is 14.7. The highest BCUT2D eigenvalue weighted by molar-refractivity contribution is 5.96. The summed E-state index contributed by atoms with van der Waals surface area (Å²) in [6, 6.07) is 10.1. The van der Waals surface area contributed by atoms with Crippen LogP contribution in [0.25, 0.3) is 0 Å². The van der Waals surface area contributed by atoms with Gasteiger partial charge in [-0.2, -0.15) is 0 Å². The third-order valence-electron chi connectivity index (χ3n) is 3.52. The molecule has 1 heterocycles. The monoisotopic (exact) mass is 355 g/mol. The maximum atomic E-state index is 12.3. The lowest BCUT2D eigenvalue weighted by atomic mass is 10.2. The molecular weight excluding hydrogens is 334 g/mol. The molecular formula is C19H21N3O4. The van der Waals surface area contributed by atoms with E-state index in [0.717, 1.165) is 5.56 Å². The van der Waals surface area contributed by atoms with Crippen LogP contribution in [0.4, 0.5) is 0 Å². The van der Waals surface area contributed by atoms with E-state index in [9.17, 15) is 9.59 Å². The van der Waals surface area contributed by atoms with Gasteiger partial charge in [0.25, 0.3) is 11.8 Å². The van der Waals surface area contributed by atoms with Crippen LogP contribution in [0.5, 0.6) is 11.5 Å². The van der Waals surface area contributed by atoms with E-state index in [-0.39, 0.29) is 29.7 Å². The van der Waals surface area contributed by atoms with E-state index < -0.39 is 0 Å². The minimum absolute atomic E-state index is 0.164. The molecule has 0 aliphatic carbocycles. The average molecular weight is 355 g/mol. The second-order valence-corrected chi connectivity index (χ2v) is 5.28. The number of benzene rings is 1. The quantitative estimate of drug-likeness (QED) is 0.707. The Balaban J connectivity index is 2.04. The summed E-state index contributed by atoms with van der Waals surface area (Å²) < 4.78 is 10.4. The van der Waals surface area contributed by atoms with Crippen molar-refractivity contribution < 1.29 is 19.1 Å². The number of pyridine rings is 1. The summed E-state index contributed by atoms with van der Waals surface area (Å²) in [5, 5.41) is 5.39. The van der Waals surface area contributed by atoms with Crippen LogP contribution in [0, 0.1) is 0 Å². The molecule has 0 saturated heterocycles. The molecule has 0 saturated carbocycles. The Hall–Kier alpha value is -3.35. The van der Waals surface area contributed by atoms with E-state index in [1.165, 1.54) is 0 Å². The number of carbonyl (C=O) groups is 2. The zero-order chi connectivity index (χ0) is 18.9. The summed E-state index contributed by atoms with van der Waals surface area (Å²) in [7, 11) is 3.11.